The van der Waals surface area contributed by atoms with Crippen LogP contribution in [0.25, 0.3) is 59.8 Å². The quantitative estimate of drug-likeness (QED) is 0.134. The summed E-state index contributed by atoms with van der Waals surface area (Å²) in [5, 5.41) is 10.3. The summed E-state index contributed by atoms with van der Waals surface area (Å²) in [6.07, 6.45) is 0.806. The van der Waals surface area contributed by atoms with Gasteiger partial charge in [0.1, 0.15) is 0 Å². The van der Waals surface area contributed by atoms with Crippen LogP contribution in [0.1, 0.15) is 34.1 Å². The molecule has 1 fully saturated rings. The molecular weight excluding hydrogens is 521 g/mol. The fourth-order valence-corrected chi connectivity index (χ4v) is 7.62. The third-order valence-corrected chi connectivity index (χ3v) is 9.63. The zero-order valence-electron chi connectivity index (χ0n) is 23.8. The Labute approximate surface area is 245 Å². The van der Waals surface area contributed by atoms with E-state index < -0.39 is 18.3 Å². The molecule has 3 nitrogen and oxygen atoms in total. The molecule has 5 heteroatoms. The van der Waals surface area contributed by atoms with Crippen LogP contribution in [0, 0.1) is 0 Å². The number of hydrogen-bond donors (Lipinski definition) is 1. The highest BCUT2D eigenvalue weighted by Gasteiger charge is 2.55. The summed E-state index contributed by atoms with van der Waals surface area (Å²) >= 11 is 4.71. The number of para-hydroxylation sites is 1. The minimum absolute atomic E-state index is 0.201. The van der Waals surface area contributed by atoms with Crippen molar-refractivity contribution in [2.75, 3.05) is 0 Å². The van der Waals surface area contributed by atoms with Crippen LogP contribution in [0.5, 0.6) is 0 Å². The average molecular weight is 554 g/mol. The van der Waals surface area contributed by atoms with Gasteiger partial charge < -0.3 is 13.9 Å². The lowest BCUT2D eigenvalue weighted by atomic mass is 9.74. The van der Waals surface area contributed by atoms with Crippen molar-refractivity contribution in [3.8, 4) is 5.69 Å². The van der Waals surface area contributed by atoms with E-state index in [9.17, 15) is 0 Å². The Kier molecular flexibility index (Phi) is 5.38. The van der Waals surface area contributed by atoms with Gasteiger partial charge in [-0.25, -0.2) is 0 Å². The first-order chi connectivity index (χ1) is 19.8. The molecule has 0 aliphatic carbocycles. The van der Waals surface area contributed by atoms with Gasteiger partial charge in [-0.15, -0.1) is 0 Å². The van der Waals surface area contributed by atoms with E-state index in [1.54, 1.807) is 0 Å². The maximum Gasteiger partial charge on any atom is 0.495 e. The third-order valence-electron chi connectivity index (χ3n) is 9.45. The molecule has 2 unspecified atom stereocenters. The van der Waals surface area contributed by atoms with Gasteiger partial charge in [0.15, 0.2) is 0 Å². The molecule has 0 amide bonds. The molecule has 6 aromatic carbocycles. The highest BCUT2D eigenvalue weighted by atomic mass is 32.1. The van der Waals surface area contributed by atoms with Gasteiger partial charge in [0.05, 0.1) is 22.2 Å². The van der Waals surface area contributed by atoms with Crippen molar-refractivity contribution in [2.24, 2.45) is 0 Å². The third kappa shape index (κ3) is 3.49. The first-order valence-electron chi connectivity index (χ1n) is 14.5. The molecule has 1 aromatic heterocycles. The molecule has 0 bridgehead atoms. The normalized spacial score (nSPS) is 19.9. The zero-order chi connectivity index (χ0) is 28.1. The van der Waals surface area contributed by atoms with Gasteiger partial charge in [-0.3, -0.25) is 0 Å². The summed E-state index contributed by atoms with van der Waals surface area (Å²) < 4.78 is 16.0. The topological polar surface area (TPSA) is 23.4 Å². The maximum absolute atomic E-state index is 6.85. The molecule has 2 atom stereocenters. The Bertz CT molecular complexity index is 2120. The SMILES string of the molecule is CC(S)CC1(C)OB(c2cc3c4cccc5c4c4c(cccc4n5-c4ccccc4)c3c3ccccc23)OC1(C)C. The Hall–Kier alpha value is -3.51. The first kappa shape index (κ1) is 25.2. The van der Waals surface area contributed by atoms with Crippen LogP contribution in [-0.4, -0.2) is 28.1 Å². The van der Waals surface area contributed by atoms with Gasteiger partial charge in [0, 0.05) is 21.7 Å². The lowest BCUT2D eigenvalue weighted by molar-refractivity contribution is -0.0148. The highest BCUT2D eigenvalue weighted by molar-refractivity contribution is 7.80. The van der Waals surface area contributed by atoms with Crippen molar-refractivity contribution in [3.05, 3.63) is 97.1 Å². The largest absolute Gasteiger partial charge is 0.495 e. The lowest BCUT2D eigenvalue weighted by Gasteiger charge is -2.37. The predicted molar refractivity (Wildman–Crippen MR) is 178 cm³/mol. The smallest absolute Gasteiger partial charge is 0.399 e. The molecular formula is C36H32BNO2S. The summed E-state index contributed by atoms with van der Waals surface area (Å²) in [4.78, 5) is 0. The van der Waals surface area contributed by atoms with E-state index in [0.29, 0.717) is 0 Å². The summed E-state index contributed by atoms with van der Waals surface area (Å²) in [7, 11) is -0.470. The van der Waals surface area contributed by atoms with Crippen molar-refractivity contribution < 1.29 is 9.31 Å². The summed E-state index contributed by atoms with van der Waals surface area (Å²) in [6, 6.07) is 35.2. The first-order valence-corrected chi connectivity index (χ1v) is 15.0. The monoisotopic (exact) mass is 553 g/mol. The molecule has 1 aliphatic heterocycles. The number of hydrogen-bond acceptors (Lipinski definition) is 3. The van der Waals surface area contributed by atoms with E-state index in [1.165, 1.54) is 59.8 Å². The van der Waals surface area contributed by atoms with Crippen LogP contribution < -0.4 is 5.46 Å². The second-order valence-corrected chi connectivity index (χ2v) is 13.2. The van der Waals surface area contributed by atoms with Crippen molar-refractivity contribution in [2.45, 2.75) is 50.6 Å². The Morgan fingerprint density at radius 1 is 0.683 bits per heavy atom. The molecule has 1 aliphatic rings. The summed E-state index contributed by atoms with van der Waals surface area (Å²) in [5.41, 5.74) is 3.79. The van der Waals surface area contributed by atoms with Crippen LogP contribution >= 0.6 is 12.6 Å². The number of nitrogens with zero attached hydrogens (tertiary/aromatic N) is 1. The Morgan fingerprint density at radius 2 is 1.27 bits per heavy atom. The minimum atomic E-state index is -0.470. The van der Waals surface area contributed by atoms with E-state index >= 15 is 0 Å². The molecule has 0 spiro atoms. The number of thiol groups is 1. The van der Waals surface area contributed by atoms with E-state index in [4.69, 9.17) is 21.9 Å². The molecule has 0 N–H and O–H groups in total. The van der Waals surface area contributed by atoms with Crippen LogP contribution in [0.15, 0.2) is 97.1 Å². The van der Waals surface area contributed by atoms with Gasteiger partial charge in [-0.1, -0.05) is 79.7 Å². The van der Waals surface area contributed by atoms with E-state index in [2.05, 4.69) is 129 Å². The standard InChI is InChI=1S/C36H32BNO2S/c1-22(41)21-36(4)35(2,3)39-37(40-36)29-20-28-26-16-10-18-30-33(26)34-27(32(28)25-15-9-8-14-24(25)29)17-11-19-31(34)38(30)23-12-6-5-7-13-23/h5-20,22,41H,21H2,1-4H3. The minimum Gasteiger partial charge on any atom is -0.399 e. The van der Waals surface area contributed by atoms with Crippen LogP contribution in [0.4, 0.5) is 0 Å². The van der Waals surface area contributed by atoms with Gasteiger partial charge in [-0.2, -0.15) is 12.6 Å². The average Bonchev–Trinajstić information content (AvgIpc) is 3.42. The Balaban J connectivity index is 1.48. The van der Waals surface area contributed by atoms with E-state index in [-0.39, 0.29) is 5.25 Å². The summed E-state index contributed by atoms with van der Waals surface area (Å²) in [6.45, 7) is 8.57. The maximum atomic E-state index is 6.85. The van der Waals surface area contributed by atoms with Crippen LogP contribution in [0.2, 0.25) is 0 Å². The second kappa shape index (κ2) is 8.75. The van der Waals surface area contributed by atoms with Gasteiger partial charge in [-0.05, 0) is 89.2 Å². The Morgan fingerprint density at radius 3 is 1.98 bits per heavy atom. The molecule has 8 rings (SSSR count). The highest BCUT2D eigenvalue weighted by Crippen LogP contribution is 2.46. The number of benzene rings is 6. The van der Waals surface area contributed by atoms with Crippen LogP contribution in [0.3, 0.4) is 0 Å². The lowest BCUT2D eigenvalue weighted by Crippen LogP contribution is -2.46. The predicted octanol–water partition coefficient (Wildman–Crippen LogP) is 8.67. The molecule has 1 saturated heterocycles. The van der Waals surface area contributed by atoms with E-state index in [1.807, 2.05) is 0 Å². The molecule has 0 saturated carbocycles. The number of rotatable bonds is 4. The number of fused-ring (bicyclic) bond motifs is 5. The van der Waals surface area contributed by atoms with Gasteiger partial charge in [0.2, 0.25) is 0 Å². The van der Waals surface area contributed by atoms with Crippen LogP contribution in [-0.2, 0) is 9.31 Å². The molecule has 2 heterocycles. The molecule has 7 aromatic rings. The molecule has 0 radical (unpaired) electrons. The van der Waals surface area contributed by atoms with Crippen molar-refractivity contribution >= 4 is 79.3 Å². The van der Waals surface area contributed by atoms with Crippen molar-refractivity contribution in [3.63, 3.8) is 0 Å². The fraction of sp³-hybridized carbons (Fsp3) is 0.222. The van der Waals surface area contributed by atoms with Gasteiger partial charge in [0.25, 0.3) is 0 Å². The van der Waals surface area contributed by atoms with Crippen molar-refractivity contribution in [1.29, 1.82) is 0 Å². The second-order valence-electron chi connectivity index (χ2n) is 12.4. The molecule has 41 heavy (non-hydrogen) atoms. The summed E-state index contributed by atoms with van der Waals surface area (Å²) in [5.74, 6) is 0. The molecule has 202 valence electrons. The van der Waals surface area contributed by atoms with Crippen molar-refractivity contribution in [1.82, 2.24) is 4.57 Å². The fourth-order valence-electron chi connectivity index (χ4n) is 7.28. The zero-order valence-corrected chi connectivity index (χ0v) is 24.7. The van der Waals surface area contributed by atoms with Gasteiger partial charge >= 0.3 is 7.12 Å². The number of aromatic nitrogens is 1. The van der Waals surface area contributed by atoms with E-state index in [0.717, 1.165) is 11.9 Å².